The van der Waals surface area contributed by atoms with E-state index in [2.05, 4.69) is 91.5 Å². The number of nitrogens with zero attached hydrogens (tertiary/aromatic N) is 3. The Labute approximate surface area is 240 Å². The van der Waals surface area contributed by atoms with Gasteiger partial charge in [0.2, 0.25) is 0 Å². The molecule has 0 amide bonds. The van der Waals surface area contributed by atoms with E-state index in [1.54, 1.807) is 11.3 Å². The molecule has 40 heavy (non-hydrogen) atoms. The van der Waals surface area contributed by atoms with Crippen LogP contribution in [0.5, 0.6) is 0 Å². The fraction of sp³-hybridized carbons (Fsp3) is 0. The molecule has 0 saturated carbocycles. The first-order valence-corrected chi connectivity index (χ1v) is 14.2. The van der Waals surface area contributed by atoms with Crippen LogP contribution in [-0.2, 0) is 0 Å². The van der Waals surface area contributed by atoms with Crippen molar-refractivity contribution in [2.45, 2.75) is 0 Å². The maximum atomic E-state index is 6.21. The molecule has 8 rings (SSSR count). The predicted octanol–water partition coefficient (Wildman–Crippen LogP) is 9.94. The van der Waals surface area contributed by atoms with Crippen molar-refractivity contribution in [2.24, 2.45) is 0 Å². The second kappa shape index (κ2) is 8.95. The van der Waals surface area contributed by atoms with Crippen molar-refractivity contribution >= 4 is 48.7 Å². The molecule has 0 fully saturated rings. The number of hydrogen-bond acceptors (Lipinski definition) is 4. The SMILES string of the molecule is C=C1c2ccccc2-c2ccc(-c3nc(-c4ccc(Cl)cc4)nc(-c4cccc5sc6ccccc6c45)n3)cc21. The molecule has 2 aromatic heterocycles. The normalized spacial score (nSPS) is 12.2. The van der Waals surface area contributed by atoms with Crippen LogP contribution in [0.4, 0.5) is 0 Å². The maximum Gasteiger partial charge on any atom is 0.164 e. The molecule has 0 bridgehead atoms. The van der Waals surface area contributed by atoms with Crippen molar-refractivity contribution in [3.05, 3.63) is 132 Å². The Kier molecular flexibility index (Phi) is 5.21. The van der Waals surface area contributed by atoms with Gasteiger partial charge in [0.05, 0.1) is 0 Å². The fourth-order valence-corrected chi connectivity index (χ4v) is 6.87. The van der Waals surface area contributed by atoms with E-state index in [1.165, 1.54) is 36.9 Å². The van der Waals surface area contributed by atoms with E-state index >= 15 is 0 Å². The summed E-state index contributed by atoms with van der Waals surface area (Å²) in [5.41, 5.74) is 8.50. The zero-order valence-corrected chi connectivity index (χ0v) is 22.8. The van der Waals surface area contributed by atoms with Gasteiger partial charge in [-0.05, 0) is 70.3 Å². The van der Waals surface area contributed by atoms with Gasteiger partial charge in [-0.2, -0.15) is 0 Å². The molecule has 3 nitrogen and oxygen atoms in total. The molecule has 0 radical (unpaired) electrons. The summed E-state index contributed by atoms with van der Waals surface area (Å²) in [6, 6.07) is 37.3. The second-order valence-corrected chi connectivity index (χ2v) is 11.4. The van der Waals surface area contributed by atoms with E-state index in [9.17, 15) is 0 Å². The summed E-state index contributed by atoms with van der Waals surface area (Å²) in [7, 11) is 0. The summed E-state index contributed by atoms with van der Waals surface area (Å²) in [5.74, 6) is 1.88. The van der Waals surface area contributed by atoms with Crippen LogP contribution in [0.3, 0.4) is 0 Å². The van der Waals surface area contributed by atoms with E-state index in [0.29, 0.717) is 22.5 Å². The Balaban J connectivity index is 1.36. The first-order valence-electron chi connectivity index (χ1n) is 13.0. The van der Waals surface area contributed by atoms with Gasteiger partial charge in [0.25, 0.3) is 0 Å². The number of benzene rings is 5. The van der Waals surface area contributed by atoms with Crippen molar-refractivity contribution in [1.82, 2.24) is 15.0 Å². The van der Waals surface area contributed by atoms with Crippen LogP contribution in [0.15, 0.2) is 116 Å². The summed E-state index contributed by atoms with van der Waals surface area (Å²) in [4.78, 5) is 15.1. The molecule has 0 aliphatic heterocycles. The smallest absolute Gasteiger partial charge is 0.164 e. The van der Waals surface area contributed by atoms with E-state index in [0.717, 1.165) is 27.8 Å². The highest BCUT2D eigenvalue weighted by molar-refractivity contribution is 7.25. The largest absolute Gasteiger partial charge is 0.208 e. The third-order valence-corrected chi connectivity index (χ3v) is 8.91. The van der Waals surface area contributed by atoms with Gasteiger partial charge in [-0.15, -0.1) is 11.3 Å². The van der Waals surface area contributed by atoms with Crippen LogP contribution < -0.4 is 0 Å². The highest BCUT2D eigenvalue weighted by Crippen LogP contribution is 2.45. The number of thiophene rings is 1. The molecule has 2 heterocycles. The topological polar surface area (TPSA) is 38.7 Å². The predicted molar refractivity (Wildman–Crippen MR) is 168 cm³/mol. The van der Waals surface area contributed by atoms with Crippen LogP contribution in [-0.4, -0.2) is 15.0 Å². The molecule has 0 atom stereocenters. The maximum absolute atomic E-state index is 6.21. The zero-order valence-electron chi connectivity index (χ0n) is 21.2. The fourth-order valence-electron chi connectivity index (χ4n) is 5.61. The van der Waals surface area contributed by atoms with E-state index in [4.69, 9.17) is 26.6 Å². The molecular formula is C35H20ClN3S. The Morgan fingerprint density at radius 3 is 2.00 bits per heavy atom. The summed E-state index contributed by atoms with van der Waals surface area (Å²) >= 11 is 7.99. The molecule has 0 N–H and O–H groups in total. The molecule has 1 aliphatic carbocycles. The van der Waals surface area contributed by atoms with Crippen molar-refractivity contribution in [3.8, 4) is 45.3 Å². The third-order valence-electron chi connectivity index (χ3n) is 7.53. The standard InChI is InChI=1S/C35H20ClN3S/c1-20-24-7-2-3-8-25(24)26-18-15-22(19-29(20)26)34-37-33(21-13-16-23(36)17-14-21)38-35(39-34)28-10-6-12-31-32(28)27-9-4-5-11-30(27)40-31/h2-19H,1H2. The molecule has 0 unspecified atom stereocenters. The average molecular weight is 550 g/mol. The minimum atomic E-state index is 0.607. The molecule has 1 aliphatic rings. The zero-order chi connectivity index (χ0) is 26.8. The summed E-state index contributed by atoms with van der Waals surface area (Å²) < 4.78 is 2.45. The highest BCUT2D eigenvalue weighted by Gasteiger charge is 2.23. The van der Waals surface area contributed by atoms with E-state index < -0.39 is 0 Å². The number of rotatable bonds is 3. The molecular weight excluding hydrogens is 530 g/mol. The highest BCUT2D eigenvalue weighted by atomic mass is 35.5. The van der Waals surface area contributed by atoms with Crippen LogP contribution in [0, 0.1) is 0 Å². The minimum Gasteiger partial charge on any atom is -0.208 e. The van der Waals surface area contributed by atoms with E-state index in [1.807, 2.05) is 24.3 Å². The summed E-state index contributed by atoms with van der Waals surface area (Å²) in [6.07, 6.45) is 0. The van der Waals surface area contributed by atoms with Crippen LogP contribution in [0.2, 0.25) is 5.02 Å². The van der Waals surface area contributed by atoms with Crippen LogP contribution in [0.25, 0.3) is 71.0 Å². The van der Waals surface area contributed by atoms with Gasteiger partial charge in [-0.1, -0.05) is 84.9 Å². The van der Waals surface area contributed by atoms with Crippen molar-refractivity contribution in [1.29, 1.82) is 0 Å². The van der Waals surface area contributed by atoms with Crippen LogP contribution in [0.1, 0.15) is 11.1 Å². The van der Waals surface area contributed by atoms with E-state index in [-0.39, 0.29) is 0 Å². The van der Waals surface area contributed by atoms with Gasteiger partial charge >= 0.3 is 0 Å². The average Bonchev–Trinajstić information content (AvgIpc) is 3.52. The second-order valence-electron chi connectivity index (χ2n) is 9.87. The lowest BCUT2D eigenvalue weighted by Crippen LogP contribution is -2.00. The molecule has 0 saturated heterocycles. The Hall–Kier alpha value is -4.64. The Morgan fingerprint density at radius 2 is 1.15 bits per heavy atom. The van der Waals surface area contributed by atoms with Gasteiger partial charge < -0.3 is 0 Å². The van der Waals surface area contributed by atoms with Gasteiger partial charge in [0.1, 0.15) is 0 Å². The molecule has 5 aromatic carbocycles. The first-order chi connectivity index (χ1) is 19.6. The van der Waals surface area contributed by atoms with Crippen molar-refractivity contribution in [3.63, 3.8) is 0 Å². The first kappa shape index (κ1) is 23.3. The minimum absolute atomic E-state index is 0.607. The van der Waals surface area contributed by atoms with Crippen molar-refractivity contribution < 1.29 is 0 Å². The quantitative estimate of drug-likeness (QED) is 0.220. The van der Waals surface area contributed by atoms with Gasteiger partial charge in [0.15, 0.2) is 17.5 Å². The monoisotopic (exact) mass is 549 g/mol. The number of hydrogen-bond donors (Lipinski definition) is 0. The molecule has 0 spiro atoms. The lowest BCUT2D eigenvalue weighted by molar-refractivity contribution is 1.08. The summed E-state index contributed by atoms with van der Waals surface area (Å²) in [5, 5.41) is 3.05. The molecule has 7 aromatic rings. The number of aromatic nitrogens is 3. The number of halogens is 1. The Bertz CT molecular complexity index is 2140. The van der Waals surface area contributed by atoms with Crippen LogP contribution >= 0.6 is 22.9 Å². The molecule has 5 heteroatoms. The lowest BCUT2D eigenvalue weighted by Gasteiger charge is -2.11. The number of fused-ring (bicyclic) bond motifs is 6. The summed E-state index contributed by atoms with van der Waals surface area (Å²) in [6.45, 7) is 4.40. The van der Waals surface area contributed by atoms with Crippen molar-refractivity contribution in [2.75, 3.05) is 0 Å². The van der Waals surface area contributed by atoms with Gasteiger partial charge in [-0.3, -0.25) is 0 Å². The van der Waals surface area contributed by atoms with Gasteiger partial charge in [0, 0.05) is 41.9 Å². The molecule has 188 valence electrons. The van der Waals surface area contributed by atoms with Gasteiger partial charge in [-0.25, -0.2) is 15.0 Å². The lowest BCUT2D eigenvalue weighted by atomic mass is 10.0. The third kappa shape index (κ3) is 3.61. The Morgan fingerprint density at radius 1 is 0.525 bits per heavy atom.